The summed E-state index contributed by atoms with van der Waals surface area (Å²) in [6.45, 7) is 3.62. The molecule has 1 aromatic rings. The van der Waals surface area contributed by atoms with Gasteiger partial charge in [-0.05, 0) is 18.9 Å². The molecule has 1 fully saturated rings. The molecular formula is C13H18FNO. The van der Waals surface area contributed by atoms with Crippen LogP contribution in [0.5, 0.6) is 0 Å². The van der Waals surface area contributed by atoms with E-state index in [4.69, 9.17) is 4.74 Å². The third kappa shape index (κ3) is 2.60. The Morgan fingerprint density at radius 2 is 2.31 bits per heavy atom. The molecule has 1 heterocycles. The van der Waals surface area contributed by atoms with E-state index in [2.05, 4.69) is 12.2 Å². The maximum absolute atomic E-state index is 13.6. The van der Waals surface area contributed by atoms with Gasteiger partial charge in [-0.2, -0.15) is 0 Å². The molecule has 1 aromatic carbocycles. The van der Waals surface area contributed by atoms with Crippen LogP contribution in [0.1, 0.15) is 31.4 Å². The van der Waals surface area contributed by atoms with Crippen LogP contribution < -0.4 is 5.32 Å². The third-order valence-electron chi connectivity index (χ3n) is 3.06. The molecule has 2 rings (SSSR count). The van der Waals surface area contributed by atoms with Crippen molar-refractivity contribution in [1.29, 1.82) is 0 Å². The predicted molar refractivity (Wildman–Crippen MR) is 61.8 cm³/mol. The van der Waals surface area contributed by atoms with E-state index in [9.17, 15) is 4.39 Å². The summed E-state index contributed by atoms with van der Waals surface area (Å²) in [5.41, 5.74) is 0.761. The number of hydrogen-bond acceptors (Lipinski definition) is 2. The molecule has 88 valence electrons. The van der Waals surface area contributed by atoms with E-state index in [0.29, 0.717) is 6.04 Å². The minimum atomic E-state index is -0.124. The number of rotatable bonds is 4. The molecule has 16 heavy (non-hydrogen) atoms. The van der Waals surface area contributed by atoms with Crippen LogP contribution in [0.15, 0.2) is 24.3 Å². The minimum absolute atomic E-state index is 0.0906. The van der Waals surface area contributed by atoms with Gasteiger partial charge in [0.2, 0.25) is 0 Å². The third-order valence-corrected chi connectivity index (χ3v) is 3.06. The van der Waals surface area contributed by atoms with Crippen LogP contribution in [-0.2, 0) is 4.74 Å². The van der Waals surface area contributed by atoms with E-state index in [1.807, 2.05) is 12.1 Å². The first-order valence-electron chi connectivity index (χ1n) is 5.89. The highest BCUT2D eigenvalue weighted by Crippen LogP contribution is 2.21. The van der Waals surface area contributed by atoms with E-state index in [-0.39, 0.29) is 11.9 Å². The molecule has 1 saturated heterocycles. The van der Waals surface area contributed by atoms with Crippen molar-refractivity contribution >= 4 is 0 Å². The molecular weight excluding hydrogens is 205 g/mol. The topological polar surface area (TPSA) is 21.3 Å². The minimum Gasteiger partial charge on any atom is -0.380 e. The molecule has 2 unspecified atom stereocenters. The molecule has 0 spiro atoms. The van der Waals surface area contributed by atoms with Gasteiger partial charge in [0.25, 0.3) is 0 Å². The van der Waals surface area contributed by atoms with Crippen LogP contribution in [0.2, 0.25) is 0 Å². The molecule has 1 aliphatic heterocycles. The van der Waals surface area contributed by atoms with Gasteiger partial charge in [-0.15, -0.1) is 0 Å². The lowest BCUT2D eigenvalue weighted by Gasteiger charge is -2.21. The van der Waals surface area contributed by atoms with Crippen LogP contribution in [0.3, 0.4) is 0 Å². The molecule has 2 atom stereocenters. The van der Waals surface area contributed by atoms with Gasteiger partial charge in [-0.25, -0.2) is 4.39 Å². The molecule has 2 nitrogen and oxygen atoms in total. The summed E-state index contributed by atoms with van der Waals surface area (Å²) < 4.78 is 18.9. The molecule has 1 aliphatic rings. The largest absolute Gasteiger partial charge is 0.380 e. The Kier molecular flexibility index (Phi) is 3.91. The summed E-state index contributed by atoms with van der Waals surface area (Å²) >= 11 is 0. The second-order valence-corrected chi connectivity index (χ2v) is 4.21. The molecule has 0 radical (unpaired) electrons. The maximum atomic E-state index is 13.6. The molecule has 0 aliphatic carbocycles. The summed E-state index contributed by atoms with van der Waals surface area (Å²) in [4.78, 5) is 0. The van der Waals surface area contributed by atoms with Crippen LogP contribution in [0.4, 0.5) is 4.39 Å². The Morgan fingerprint density at radius 1 is 1.50 bits per heavy atom. The molecule has 3 heteroatoms. The zero-order valence-electron chi connectivity index (χ0n) is 9.58. The average molecular weight is 223 g/mol. The monoisotopic (exact) mass is 223 g/mol. The maximum Gasteiger partial charge on any atom is 0.127 e. The van der Waals surface area contributed by atoms with Crippen molar-refractivity contribution in [2.24, 2.45) is 0 Å². The van der Waals surface area contributed by atoms with E-state index >= 15 is 0 Å². The van der Waals surface area contributed by atoms with Gasteiger partial charge in [0.15, 0.2) is 0 Å². The van der Waals surface area contributed by atoms with Crippen molar-refractivity contribution in [2.75, 3.05) is 13.2 Å². The number of hydrogen-bond donors (Lipinski definition) is 1. The first-order chi connectivity index (χ1) is 7.81. The summed E-state index contributed by atoms with van der Waals surface area (Å²) in [5, 5.41) is 3.46. The Morgan fingerprint density at radius 3 is 2.94 bits per heavy atom. The fourth-order valence-corrected chi connectivity index (χ4v) is 2.14. The lowest BCUT2D eigenvalue weighted by Crippen LogP contribution is -2.33. The molecule has 0 amide bonds. The van der Waals surface area contributed by atoms with Crippen LogP contribution in [-0.4, -0.2) is 19.3 Å². The van der Waals surface area contributed by atoms with Crippen molar-refractivity contribution < 1.29 is 9.13 Å². The summed E-state index contributed by atoms with van der Waals surface area (Å²) in [5.74, 6) is -0.124. The fourth-order valence-electron chi connectivity index (χ4n) is 2.14. The van der Waals surface area contributed by atoms with E-state index in [1.54, 1.807) is 6.07 Å². The number of halogens is 1. The second-order valence-electron chi connectivity index (χ2n) is 4.21. The zero-order valence-corrected chi connectivity index (χ0v) is 9.58. The van der Waals surface area contributed by atoms with E-state index in [0.717, 1.165) is 31.6 Å². The molecule has 0 aromatic heterocycles. The smallest absolute Gasteiger partial charge is 0.127 e. The Balaban J connectivity index is 2.06. The lowest BCUT2D eigenvalue weighted by molar-refractivity contribution is 0.187. The van der Waals surface area contributed by atoms with Crippen molar-refractivity contribution in [3.05, 3.63) is 35.6 Å². The Hall–Kier alpha value is -0.930. The molecule has 1 N–H and O–H groups in total. The van der Waals surface area contributed by atoms with E-state index < -0.39 is 0 Å². The number of nitrogens with one attached hydrogen (secondary N) is 1. The van der Waals surface area contributed by atoms with Gasteiger partial charge in [-0.1, -0.05) is 25.1 Å². The quantitative estimate of drug-likeness (QED) is 0.847. The number of ether oxygens (including phenoxy) is 1. The summed E-state index contributed by atoms with van der Waals surface area (Å²) in [6, 6.07) is 7.44. The summed E-state index contributed by atoms with van der Waals surface area (Å²) in [7, 11) is 0. The first-order valence-corrected chi connectivity index (χ1v) is 5.89. The second kappa shape index (κ2) is 5.41. The normalized spacial score (nSPS) is 22.2. The standard InChI is InChI=1S/C13H18FNO/c1-2-13(15-10-7-8-16-9-10)11-5-3-4-6-12(11)14/h3-6,10,13,15H,2,7-9H2,1H3. The highest BCUT2D eigenvalue weighted by Gasteiger charge is 2.21. The van der Waals surface area contributed by atoms with Gasteiger partial charge in [0.05, 0.1) is 6.61 Å². The fraction of sp³-hybridized carbons (Fsp3) is 0.538. The van der Waals surface area contributed by atoms with Crippen LogP contribution >= 0.6 is 0 Å². The lowest BCUT2D eigenvalue weighted by atomic mass is 10.0. The predicted octanol–water partition coefficient (Wildman–Crippen LogP) is 2.66. The average Bonchev–Trinajstić information content (AvgIpc) is 2.80. The Labute approximate surface area is 95.8 Å². The molecule has 0 saturated carbocycles. The van der Waals surface area contributed by atoms with Gasteiger partial charge < -0.3 is 10.1 Å². The van der Waals surface area contributed by atoms with E-state index in [1.165, 1.54) is 6.07 Å². The summed E-state index contributed by atoms with van der Waals surface area (Å²) in [6.07, 6.45) is 1.91. The number of benzene rings is 1. The van der Waals surface area contributed by atoms with Crippen molar-refractivity contribution in [3.63, 3.8) is 0 Å². The van der Waals surface area contributed by atoms with Gasteiger partial charge >= 0.3 is 0 Å². The van der Waals surface area contributed by atoms with Crippen molar-refractivity contribution in [3.8, 4) is 0 Å². The van der Waals surface area contributed by atoms with Gasteiger partial charge in [-0.3, -0.25) is 0 Å². The Bertz CT molecular complexity index is 336. The zero-order chi connectivity index (χ0) is 11.4. The molecule has 0 bridgehead atoms. The SMILES string of the molecule is CCC(NC1CCOC1)c1ccccc1F. The first kappa shape index (κ1) is 11.6. The highest BCUT2D eigenvalue weighted by atomic mass is 19.1. The van der Waals surface area contributed by atoms with Crippen molar-refractivity contribution in [1.82, 2.24) is 5.32 Å². The van der Waals surface area contributed by atoms with Gasteiger partial charge in [0.1, 0.15) is 5.82 Å². The van der Waals surface area contributed by atoms with Crippen LogP contribution in [0.25, 0.3) is 0 Å². The highest BCUT2D eigenvalue weighted by molar-refractivity contribution is 5.21. The van der Waals surface area contributed by atoms with Crippen molar-refractivity contribution in [2.45, 2.75) is 31.8 Å². The van der Waals surface area contributed by atoms with Crippen LogP contribution in [0, 0.1) is 5.82 Å². The van der Waals surface area contributed by atoms with Gasteiger partial charge in [0, 0.05) is 24.3 Å².